The lowest BCUT2D eigenvalue weighted by Crippen LogP contribution is -2.25. The van der Waals surface area contributed by atoms with Crippen molar-refractivity contribution in [3.05, 3.63) is 23.9 Å². The molecule has 1 aliphatic rings. The monoisotopic (exact) mass is 369 g/mol. The van der Waals surface area contributed by atoms with Crippen LogP contribution in [0.1, 0.15) is 31.9 Å². The Balaban J connectivity index is 0.000000450. The van der Waals surface area contributed by atoms with Gasteiger partial charge in [0.1, 0.15) is 5.69 Å². The largest absolute Gasteiger partial charge is 0.475 e. The molecule has 25 heavy (non-hydrogen) atoms. The minimum absolute atomic E-state index is 0.700. The van der Waals surface area contributed by atoms with Gasteiger partial charge in [-0.3, -0.25) is 0 Å². The number of allylic oxidation sites excluding steroid dienone is 2. The first kappa shape index (κ1) is 20.8. The molecular formula is C16H23N3O5S. The summed E-state index contributed by atoms with van der Waals surface area (Å²) in [6.07, 6.45) is 9.61. The molecule has 2 N–H and O–H groups in total. The topological polar surface area (TPSA) is 113 Å². The second kappa shape index (κ2) is 11.3. The number of ether oxygens (including phenoxy) is 1. The molecule has 0 aliphatic carbocycles. The average Bonchev–Trinajstić information content (AvgIpc) is 3.03. The maximum Gasteiger partial charge on any atom is 0.414 e. The van der Waals surface area contributed by atoms with Crippen molar-refractivity contribution >= 4 is 29.2 Å². The highest BCUT2D eigenvalue weighted by Crippen LogP contribution is 2.26. The summed E-state index contributed by atoms with van der Waals surface area (Å²) in [4.78, 5) is 20.5. The van der Waals surface area contributed by atoms with Gasteiger partial charge in [-0.2, -0.15) is 4.37 Å². The smallest absolute Gasteiger partial charge is 0.414 e. The molecule has 1 aromatic heterocycles. The van der Waals surface area contributed by atoms with E-state index in [0.717, 1.165) is 38.0 Å². The number of unbranched alkanes of at least 4 members (excludes halogenated alkanes) is 1. The zero-order chi connectivity index (χ0) is 18.7. The minimum Gasteiger partial charge on any atom is -0.475 e. The molecule has 0 saturated carbocycles. The molecule has 9 heteroatoms. The fourth-order valence-electron chi connectivity index (χ4n) is 2.07. The Labute approximate surface area is 150 Å². The van der Waals surface area contributed by atoms with E-state index < -0.39 is 11.9 Å². The van der Waals surface area contributed by atoms with Gasteiger partial charge >= 0.3 is 11.9 Å². The first-order valence-electron chi connectivity index (χ1n) is 7.86. The highest BCUT2D eigenvalue weighted by molar-refractivity contribution is 6.99. The highest BCUT2D eigenvalue weighted by Gasteiger charge is 2.18. The Morgan fingerprint density at radius 3 is 2.68 bits per heavy atom. The number of hydrogen-bond acceptors (Lipinski definition) is 7. The van der Waals surface area contributed by atoms with Gasteiger partial charge in [0, 0.05) is 13.1 Å². The van der Waals surface area contributed by atoms with Gasteiger partial charge in [0.25, 0.3) is 5.88 Å². The molecule has 0 atom stereocenters. The van der Waals surface area contributed by atoms with E-state index in [1.165, 1.54) is 17.3 Å². The molecular weight excluding hydrogens is 346 g/mol. The molecule has 8 nitrogen and oxygen atoms in total. The maximum atomic E-state index is 9.10. The third-order valence-corrected chi connectivity index (χ3v) is 3.79. The number of carboxylic acids is 2. The second-order valence-corrected chi connectivity index (χ2v) is 5.87. The summed E-state index contributed by atoms with van der Waals surface area (Å²) in [5, 5.41) is 14.8. The van der Waals surface area contributed by atoms with Gasteiger partial charge < -0.3 is 19.8 Å². The minimum atomic E-state index is -1.82. The van der Waals surface area contributed by atoms with Crippen LogP contribution in [-0.2, 0) is 9.59 Å². The van der Waals surface area contributed by atoms with Gasteiger partial charge in [-0.15, -0.1) is 4.37 Å². The number of carboxylic acid groups (broad SMARTS) is 2. The molecule has 0 unspecified atom stereocenters. The van der Waals surface area contributed by atoms with E-state index >= 15 is 0 Å². The van der Waals surface area contributed by atoms with Crippen LogP contribution in [0.2, 0.25) is 0 Å². The Morgan fingerprint density at radius 1 is 1.36 bits per heavy atom. The number of nitrogens with zero attached hydrogens (tertiary/aromatic N) is 3. The van der Waals surface area contributed by atoms with E-state index in [2.05, 4.69) is 38.9 Å². The molecule has 1 aromatic rings. The number of hydrogen-bond donors (Lipinski definition) is 2. The summed E-state index contributed by atoms with van der Waals surface area (Å²) in [6, 6.07) is 0. The van der Waals surface area contributed by atoms with Crippen LogP contribution in [0.5, 0.6) is 5.88 Å². The summed E-state index contributed by atoms with van der Waals surface area (Å²) < 4.78 is 14.4. The van der Waals surface area contributed by atoms with Gasteiger partial charge in [-0.05, 0) is 38.8 Å². The number of likely N-dealkylation sites (N-methyl/N-ethyl adjacent to an activating group) is 1. The zero-order valence-electron chi connectivity index (χ0n) is 14.3. The zero-order valence-corrected chi connectivity index (χ0v) is 15.2. The lowest BCUT2D eigenvalue weighted by atomic mass is 10.1. The van der Waals surface area contributed by atoms with Crippen molar-refractivity contribution < 1.29 is 24.5 Å². The summed E-state index contributed by atoms with van der Waals surface area (Å²) in [5.41, 5.74) is 2.17. The molecule has 0 spiro atoms. The molecule has 0 aromatic carbocycles. The molecule has 0 fully saturated rings. The Kier molecular flexibility index (Phi) is 9.41. The third-order valence-electron chi connectivity index (χ3n) is 3.28. The second-order valence-electron chi connectivity index (χ2n) is 5.34. The van der Waals surface area contributed by atoms with E-state index in [-0.39, 0.29) is 0 Å². The van der Waals surface area contributed by atoms with Crippen LogP contribution in [0.4, 0.5) is 0 Å². The summed E-state index contributed by atoms with van der Waals surface area (Å²) in [6.45, 7) is 4.78. The van der Waals surface area contributed by atoms with Gasteiger partial charge in [0.2, 0.25) is 0 Å². The predicted octanol–water partition coefficient (Wildman–Crippen LogP) is 2.15. The first-order valence-corrected chi connectivity index (χ1v) is 8.59. The number of aromatic nitrogens is 2. The Hall–Kier alpha value is -2.26. The normalized spacial score (nSPS) is 14.6. The van der Waals surface area contributed by atoms with Crippen molar-refractivity contribution in [1.29, 1.82) is 0 Å². The van der Waals surface area contributed by atoms with Crippen LogP contribution in [0.25, 0.3) is 5.57 Å². The van der Waals surface area contributed by atoms with Crippen LogP contribution in [0.3, 0.4) is 0 Å². The summed E-state index contributed by atoms with van der Waals surface area (Å²) >= 11 is 1.23. The first-order chi connectivity index (χ1) is 12.0. The van der Waals surface area contributed by atoms with E-state index in [1.54, 1.807) is 0 Å². The lowest BCUT2D eigenvalue weighted by Gasteiger charge is -2.22. The van der Waals surface area contributed by atoms with Gasteiger partial charge in [-0.25, -0.2) is 9.59 Å². The molecule has 0 radical (unpaired) electrons. The molecule has 0 amide bonds. The van der Waals surface area contributed by atoms with E-state index in [1.807, 2.05) is 6.92 Å². The van der Waals surface area contributed by atoms with Crippen molar-refractivity contribution in [3.8, 4) is 5.88 Å². The summed E-state index contributed by atoms with van der Waals surface area (Å²) in [7, 11) is 2.13. The molecule has 2 rings (SSSR count). The fraction of sp³-hybridized carbons (Fsp3) is 0.500. The molecule has 0 bridgehead atoms. The van der Waals surface area contributed by atoms with E-state index in [4.69, 9.17) is 24.5 Å². The predicted molar refractivity (Wildman–Crippen MR) is 94.8 cm³/mol. The van der Waals surface area contributed by atoms with Gasteiger partial charge in [-0.1, -0.05) is 18.2 Å². The number of aliphatic carboxylic acids is 2. The molecule has 0 saturated heterocycles. The van der Waals surface area contributed by atoms with E-state index in [0.29, 0.717) is 12.5 Å². The highest BCUT2D eigenvalue weighted by atomic mass is 32.1. The summed E-state index contributed by atoms with van der Waals surface area (Å²) in [5.74, 6) is -2.95. The van der Waals surface area contributed by atoms with Crippen LogP contribution < -0.4 is 4.74 Å². The quantitative estimate of drug-likeness (QED) is 0.445. The van der Waals surface area contributed by atoms with Crippen molar-refractivity contribution in [3.63, 3.8) is 0 Å². The SMILES string of the molecule is CC=CCCCOc1nsnc1C1=CCCN(C)C1.O=C(O)C(=O)O. The fourth-order valence-corrected chi connectivity index (χ4v) is 2.60. The maximum absolute atomic E-state index is 9.10. The van der Waals surface area contributed by atoms with Crippen LogP contribution >= 0.6 is 11.7 Å². The van der Waals surface area contributed by atoms with Crippen molar-refractivity contribution in [1.82, 2.24) is 13.6 Å². The Morgan fingerprint density at radius 2 is 2.08 bits per heavy atom. The number of carbonyl (C=O) groups is 2. The van der Waals surface area contributed by atoms with Gasteiger partial charge in [0.15, 0.2) is 0 Å². The molecule has 1 aliphatic heterocycles. The van der Waals surface area contributed by atoms with Crippen molar-refractivity contribution in [2.75, 3.05) is 26.7 Å². The van der Waals surface area contributed by atoms with Crippen molar-refractivity contribution in [2.24, 2.45) is 0 Å². The van der Waals surface area contributed by atoms with Gasteiger partial charge in [0.05, 0.1) is 18.3 Å². The third kappa shape index (κ3) is 7.90. The van der Waals surface area contributed by atoms with Crippen LogP contribution in [0.15, 0.2) is 18.2 Å². The van der Waals surface area contributed by atoms with Crippen LogP contribution in [-0.4, -0.2) is 62.5 Å². The standard InChI is InChI=1S/C14H21N3OS.C2H2O4/c1-3-4-5-6-10-18-14-13(15-19-16-14)12-8-7-9-17(2)11-12;3-1(4)2(5)6/h3-4,8H,5-7,9-11H2,1-2H3;(H,3,4)(H,5,6). The Bertz CT molecular complexity index is 615. The van der Waals surface area contributed by atoms with Crippen LogP contribution in [0, 0.1) is 0 Å². The van der Waals surface area contributed by atoms with E-state index in [9.17, 15) is 0 Å². The molecule has 138 valence electrons. The number of rotatable bonds is 6. The van der Waals surface area contributed by atoms with Crippen molar-refractivity contribution in [2.45, 2.75) is 26.2 Å². The lowest BCUT2D eigenvalue weighted by molar-refractivity contribution is -0.159. The molecule has 2 heterocycles. The average molecular weight is 369 g/mol.